The van der Waals surface area contributed by atoms with Gasteiger partial charge in [0.25, 0.3) is 5.56 Å². The van der Waals surface area contributed by atoms with Crippen LogP contribution in [0.5, 0.6) is 0 Å². The van der Waals surface area contributed by atoms with Crippen molar-refractivity contribution in [1.29, 1.82) is 0 Å². The molecule has 0 aliphatic heterocycles. The molecule has 0 spiro atoms. The van der Waals surface area contributed by atoms with Gasteiger partial charge in [-0.05, 0) is 29.8 Å². The average molecular weight is 262 g/mol. The highest BCUT2D eigenvalue weighted by atomic mass is 35.5. The number of H-pyrrole nitrogens is 1. The van der Waals surface area contributed by atoms with E-state index in [0.29, 0.717) is 5.02 Å². The Morgan fingerprint density at radius 3 is 2.59 bits per heavy atom. The van der Waals surface area contributed by atoms with Gasteiger partial charge < -0.3 is 4.98 Å². The van der Waals surface area contributed by atoms with Crippen molar-refractivity contribution < 1.29 is 0 Å². The van der Waals surface area contributed by atoms with Crippen molar-refractivity contribution in [2.24, 2.45) is 0 Å². The lowest BCUT2D eigenvalue weighted by molar-refractivity contribution is 1.28. The number of hydrogen-bond donors (Lipinski definition) is 1. The third-order valence-electron chi connectivity index (χ3n) is 2.58. The van der Waals surface area contributed by atoms with E-state index in [2.05, 4.69) is 4.98 Å². The molecule has 0 amide bonds. The first-order chi connectivity index (χ1) is 8.24. The summed E-state index contributed by atoms with van der Waals surface area (Å²) < 4.78 is 0.999. The molecule has 0 bridgehead atoms. The Morgan fingerprint density at radius 2 is 1.88 bits per heavy atom. The van der Waals surface area contributed by atoms with E-state index in [1.165, 1.54) is 0 Å². The molecule has 17 heavy (non-hydrogen) atoms. The maximum absolute atomic E-state index is 11.6. The van der Waals surface area contributed by atoms with Gasteiger partial charge >= 0.3 is 0 Å². The quantitative estimate of drug-likeness (QED) is 0.708. The second-order valence-corrected chi connectivity index (χ2v) is 5.22. The van der Waals surface area contributed by atoms with E-state index in [-0.39, 0.29) is 5.56 Å². The first-order valence-corrected chi connectivity index (χ1v) is 6.31. The number of aromatic amines is 1. The number of halogens is 1. The molecule has 0 radical (unpaired) electrons. The minimum Gasteiger partial charge on any atom is -0.329 e. The minimum absolute atomic E-state index is 0.0426. The van der Waals surface area contributed by atoms with Gasteiger partial charge in [-0.1, -0.05) is 23.7 Å². The molecular weight excluding hydrogens is 254 g/mol. The molecule has 3 aromatic rings. The summed E-state index contributed by atoms with van der Waals surface area (Å²) in [4.78, 5) is 15.4. The normalized spacial score (nSPS) is 10.9. The molecule has 4 heteroatoms. The highest BCUT2D eigenvalue weighted by Crippen LogP contribution is 2.32. The summed E-state index contributed by atoms with van der Waals surface area (Å²) in [5.41, 5.74) is 1.04. The Hall–Kier alpha value is -1.58. The zero-order valence-corrected chi connectivity index (χ0v) is 10.3. The van der Waals surface area contributed by atoms with Crippen LogP contribution >= 0.6 is 22.9 Å². The van der Waals surface area contributed by atoms with Crippen LogP contribution in [-0.2, 0) is 0 Å². The van der Waals surface area contributed by atoms with Crippen molar-refractivity contribution in [1.82, 2.24) is 4.98 Å². The van der Waals surface area contributed by atoms with Crippen LogP contribution in [0.2, 0.25) is 5.02 Å². The summed E-state index contributed by atoms with van der Waals surface area (Å²) in [6, 6.07) is 11.5. The van der Waals surface area contributed by atoms with E-state index < -0.39 is 0 Å². The molecular formula is C13H8ClNOS. The lowest BCUT2D eigenvalue weighted by atomic mass is 10.2. The van der Waals surface area contributed by atoms with E-state index in [9.17, 15) is 4.79 Å². The van der Waals surface area contributed by atoms with Gasteiger partial charge in [0.2, 0.25) is 0 Å². The topological polar surface area (TPSA) is 32.9 Å². The number of fused-ring (bicyclic) bond motifs is 1. The number of nitrogens with one attached hydrogen (secondary N) is 1. The van der Waals surface area contributed by atoms with Gasteiger partial charge in [0.15, 0.2) is 0 Å². The molecule has 0 aliphatic rings. The second kappa shape index (κ2) is 4.02. The van der Waals surface area contributed by atoms with Gasteiger partial charge in [-0.3, -0.25) is 4.79 Å². The van der Waals surface area contributed by atoms with Crippen LogP contribution in [0.1, 0.15) is 0 Å². The number of rotatable bonds is 1. The molecule has 2 heterocycles. The van der Waals surface area contributed by atoms with Crippen LogP contribution in [0.15, 0.2) is 47.4 Å². The SMILES string of the molecule is O=c1[nH]ccc2sc(-c3ccc(Cl)cc3)cc12. The van der Waals surface area contributed by atoms with Gasteiger partial charge in [-0.15, -0.1) is 11.3 Å². The third-order valence-corrected chi connectivity index (χ3v) is 3.98. The number of benzene rings is 1. The Labute approximate surface area is 106 Å². The zero-order valence-electron chi connectivity index (χ0n) is 8.74. The highest BCUT2D eigenvalue weighted by molar-refractivity contribution is 7.22. The fourth-order valence-corrected chi connectivity index (χ4v) is 2.92. The molecule has 0 unspecified atom stereocenters. The molecule has 0 aliphatic carbocycles. The Balaban J connectivity index is 2.21. The van der Waals surface area contributed by atoms with Gasteiger partial charge in [0.05, 0.1) is 5.39 Å². The molecule has 0 atom stereocenters. The molecule has 0 saturated heterocycles. The van der Waals surface area contributed by atoms with E-state index in [1.54, 1.807) is 17.5 Å². The summed E-state index contributed by atoms with van der Waals surface area (Å²) in [6.45, 7) is 0. The van der Waals surface area contributed by atoms with Crippen LogP contribution in [0.4, 0.5) is 0 Å². The lowest BCUT2D eigenvalue weighted by Gasteiger charge is -1.95. The molecule has 2 aromatic heterocycles. The summed E-state index contributed by atoms with van der Waals surface area (Å²) in [7, 11) is 0. The van der Waals surface area contributed by atoms with Crippen LogP contribution in [0.25, 0.3) is 20.5 Å². The van der Waals surface area contributed by atoms with E-state index >= 15 is 0 Å². The first-order valence-electron chi connectivity index (χ1n) is 5.11. The van der Waals surface area contributed by atoms with Crippen LogP contribution in [0.3, 0.4) is 0 Å². The van der Waals surface area contributed by atoms with Crippen molar-refractivity contribution in [2.75, 3.05) is 0 Å². The summed E-state index contributed by atoms with van der Waals surface area (Å²) in [6.07, 6.45) is 1.67. The maximum Gasteiger partial charge on any atom is 0.256 e. The predicted molar refractivity (Wildman–Crippen MR) is 72.9 cm³/mol. The van der Waals surface area contributed by atoms with Gasteiger partial charge in [0.1, 0.15) is 0 Å². The largest absolute Gasteiger partial charge is 0.329 e. The minimum atomic E-state index is -0.0426. The fraction of sp³-hybridized carbons (Fsp3) is 0. The van der Waals surface area contributed by atoms with Crippen LogP contribution < -0.4 is 5.56 Å². The summed E-state index contributed by atoms with van der Waals surface area (Å²) in [5.74, 6) is 0. The first kappa shape index (κ1) is 10.6. The zero-order chi connectivity index (χ0) is 11.8. The third kappa shape index (κ3) is 1.88. The molecule has 0 saturated carbocycles. The van der Waals surface area contributed by atoms with Gasteiger partial charge in [0, 0.05) is 20.8 Å². The van der Waals surface area contributed by atoms with Crippen LogP contribution in [0, 0.1) is 0 Å². The molecule has 3 rings (SSSR count). The Morgan fingerprint density at radius 1 is 1.12 bits per heavy atom. The monoisotopic (exact) mass is 261 g/mol. The smallest absolute Gasteiger partial charge is 0.256 e. The number of hydrogen-bond acceptors (Lipinski definition) is 2. The molecule has 1 aromatic carbocycles. The van der Waals surface area contributed by atoms with Crippen molar-refractivity contribution in [3.8, 4) is 10.4 Å². The number of pyridine rings is 1. The van der Waals surface area contributed by atoms with E-state index in [0.717, 1.165) is 20.5 Å². The van der Waals surface area contributed by atoms with Crippen molar-refractivity contribution >= 4 is 33.0 Å². The summed E-state index contributed by atoms with van der Waals surface area (Å²) in [5, 5.41) is 1.45. The predicted octanol–water partition coefficient (Wildman–Crippen LogP) is 3.91. The van der Waals surface area contributed by atoms with Gasteiger partial charge in [-0.25, -0.2) is 0 Å². The van der Waals surface area contributed by atoms with E-state index in [4.69, 9.17) is 11.6 Å². The second-order valence-electron chi connectivity index (χ2n) is 3.70. The highest BCUT2D eigenvalue weighted by Gasteiger charge is 2.06. The molecule has 2 nitrogen and oxygen atoms in total. The average Bonchev–Trinajstić information content (AvgIpc) is 2.75. The summed E-state index contributed by atoms with van der Waals surface area (Å²) >= 11 is 7.46. The van der Waals surface area contributed by atoms with Crippen molar-refractivity contribution in [3.05, 3.63) is 58.0 Å². The van der Waals surface area contributed by atoms with Crippen molar-refractivity contribution in [2.45, 2.75) is 0 Å². The van der Waals surface area contributed by atoms with Gasteiger partial charge in [-0.2, -0.15) is 0 Å². The lowest BCUT2D eigenvalue weighted by Crippen LogP contribution is -2.01. The Kier molecular flexibility index (Phi) is 2.50. The molecule has 0 fully saturated rings. The van der Waals surface area contributed by atoms with E-state index in [1.807, 2.05) is 36.4 Å². The molecule has 1 N–H and O–H groups in total. The Bertz CT molecular complexity index is 727. The fourth-order valence-electron chi connectivity index (χ4n) is 1.73. The van der Waals surface area contributed by atoms with Crippen molar-refractivity contribution in [3.63, 3.8) is 0 Å². The number of aromatic nitrogens is 1. The maximum atomic E-state index is 11.6. The molecule has 84 valence electrons. The standard InChI is InChI=1S/C13H8ClNOS/c14-9-3-1-8(2-4-9)12-7-10-11(17-12)5-6-15-13(10)16/h1-7H,(H,15,16). The number of thiophene rings is 1. The van der Waals surface area contributed by atoms with Crippen LogP contribution in [-0.4, -0.2) is 4.98 Å².